The van der Waals surface area contributed by atoms with Crippen molar-refractivity contribution in [3.8, 4) is 11.5 Å². The highest BCUT2D eigenvalue weighted by Gasteiger charge is 2.27. The Kier molecular flexibility index (Phi) is 8.52. The highest BCUT2D eigenvalue weighted by atomic mass is 16.5. The van der Waals surface area contributed by atoms with Crippen LogP contribution in [0.1, 0.15) is 32.8 Å². The number of nitrogens with one attached hydrogen (secondary N) is 1. The molecule has 2 aromatic rings. The van der Waals surface area contributed by atoms with Gasteiger partial charge in [0.05, 0.1) is 7.11 Å². The van der Waals surface area contributed by atoms with Gasteiger partial charge in [0.15, 0.2) is 6.61 Å². The van der Waals surface area contributed by atoms with Crippen molar-refractivity contribution in [1.29, 1.82) is 0 Å². The number of carbonyl (C=O) groups excluding carboxylic acids is 2. The number of rotatable bonds is 10. The van der Waals surface area contributed by atoms with Gasteiger partial charge in [-0.3, -0.25) is 9.59 Å². The number of hydrogen-bond acceptors (Lipinski definition) is 4. The summed E-state index contributed by atoms with van der Waals surface area (Å²) in [5.74, 6) is 0.918. The summed E-state index contributed by atoms with van der Waals surface area (Å²) in [5.41, 5.74) is 0.905. The van der Waals surface area contributed by atoms with Gasteiger partial charge in [0.25, 0.3) is 5.91 Å². The second-order valence-corrected chi connectivity index (χ2v) is 6.97. The van der Waals surface area contributed by atoms with Crippen LogP contribution in [0.2, 0.25) is 0 Å². The topological polar surface area (TPSA) is 67.9 Å². The Balaban J connectivity index is 2.13. The first kappa shape index (κ1) is 22.3. The molecule has 6 nitrogen and oxygen atoms in total. The van der Waals surface area contributed by atoms with Gasteiger partial charge in [-0.2, -0.15) is 0 Å². The van der Waals surface area contributed by atoms with E-state index in [1.807, 2.05) is 56.3 Å². The number of para-hydroxylation sites is 1. The van der Waals surface area contributed by atoms with Crippen LogP contribution in [0.5, 0.6) is 11.5 Å². The average Bonchev–Trinajstić information content (AvgIpc) is 2.76. The maximum atomic E-state index is 12.9. The monoisotopic (exact) mass is 398 g/mol. The average molecular weight is 399 g/mol. The van der Waals surface area contributed by atoms with Crippen LogP contribution in [0.3, 0.4) is 0 Å². The summed E-state index contributed by atoms with van der Waals surface area (Å²) in [7, 11) is 1.60. The van der Waals surface area contributed by atoms with Gasteiger partial charge in [-0.05, 0) is 50.1 Å². The fourth-order valence-corrected chi connectivity index (χ4v) is 2.72. The van der Waals surface area contributed by atoms with Crippen LogP contribution in [0, 0.1) is 0 Å². The number of nitrogens with zero attached hydrogens (tertiary/aromatic N) is 1. The summed E-state index contributed by atoms with van der Waals surface area (Å²) in [6.07, 6.45) is 0.821. The molecule has 1 N–H and O–H groups in total. The van der Waals surface area contributed by atoms with Gasteiger partial charge < -0.3 is 19.7 Å². The van der Waals surface area contributed by atoms with Gasteiger partial charge in [0.2, 0.25) is 5.91 Å². The molecular formula is C23H30N2O4. The largest absolute Gasteiger partial charge is 0.497 e. The predicted octanol–water partition coefficient (Wildman–Crippen LogP) is 3.41. The summed E-state index contributed by atoms with van der Waals surface area (Å²) >= 11 is 0. The Bertz CT molecular complexity index is 777. The summed E-state index contributed by atoms with van der Waals surface area (Å²) in [6.45, 7) is 5.85. The summed E-state index contributed by atoms with van der Waals surface area (Å²) < 4.78 is 10.8. The molecule has 2 rings (SSSR count). The predicted molar refractivity (Wildman–Crippen MR) is 113 cm³/mol. The zero-order valence-corrected chi connectivity index (χ0v) is 17.6. The third kappa shape index (κ3) is 6.82. The molecule has 0 saturated heterocycles. The molecule has 0 aliphatic heterocycles. The fourth-order valence-electron chi connectivity index (χ4n) is 2.72. The minimum Gasteiger partial charge on any atom is -0.497 e. The Hall–Kier alpha value is -3.02. The molecule has 0 spiro atoms. The number of hydrogen-bond donors (Lipinski definition) is 1. The van der Waals surface area contributed by atoms with Crippen LogP contribution in [-0.2, 0) is 16.1 Å². The van der Waals surface area contributed by atoms with Crippen molar-refractivity contribution in [1.82, 2.24) is 10.2 Å². The van der Waals surface area contributed by atoms with Gasteiger partial charge in [-0.1, -0.05) is 37.3 Å². The molecule has 0 radical (unpaired) electrons. The van der Waals surface area contributed by atoms with E-state index in [9.17, 15) is 9.59 Å². The van der Waals surface area contributed by atoms with Crippen molar-refractivity contribution in [2.75, 3.05) is 13.7 Å². The number of methoxy groups -OCH3 is 1. The zero-order chi connectivity index (χ0) is 21.2. The lowest BCUT2D eigenvalue weighted by Crippen LogP contribution is -2.50. The molecule has 0 aliphatic carbocycles. The molecule has 0 aromatic heterocycles. The lowest BCUT2D eigenvalue weighted by atomic mass is 10.1. The van der Waals surface area contributed by atoms with E-state index in [2.05, 4.69) is 5.32 Å². The molecule has 29 heavy (non-hydrogen) atoms. The van der Waals surface area contributed by atoms with Crippen LogP contribution in [0.25, 0.3) is 0 Å². The Morgan fingerprint density at radius 2 is 1.66 bits per heavy atom. The number of benzene rings is 2. The molecule has 0 aliphatic rings. The van der Waals surface area contributed by atoms with E-state index < -0.39 is 6.04 Å². The van der Waals surface area contributed by atoms with Crippen molar-refractivity contribution in [3.05, 3.63) is 60.2 Å². The minimum absolute atomic E-state index is 0.0449. The van der Waals surface area contributed by atoms with Crippen molar-refractivity contribution in [2.45, 2.75) is 45.8 Å². The molecule has 2 amide bonds. The Morgan fingerprint density at radius 3 is 2.24 bits per heavy atom. The second kappa shape index (κ2) is 11.1. The highest BCUT2D eigenvalue weighted by molar-refractivity contribution is 5.88. The van der Waals surface area contributed by atoms with Crippen LogP contribution in [-0.4, -0.2) is 42.5 Å². The van der Waals surface area contributed by atoms with Crippen LogP contribution in [0.4, 0.5) is 0 Å². The molecule has 156 valence electrons. The number of ether oxygens (including phenoxy) is 2. The quantitative estimate of drug-likeness (QED) is 0.666. The maximum Gasteiger partial charge on any atom is 0.261 e. The number of amides is 2. The normalized spacial score (nSPS) is 12.6. The summed E-state index contributed by atoms with van der Waals surface area (Å²) in [6, 6.07) is 16.0. The van der Waals surface area contributed by atoms with E-state index >= 15 is 0 Å². The molecule has 0 saturated carbocycles. The van der Waals surface area contributed by atoms with E-state index in [0.717, 1.165) is 17.7 Å². The van der Waals surface area contributed by atoms with E-state index in [1.165, 1.54) is 0 Å². The first-order valence-electron chi connectivity index (χ1n) is 9.85. The number of carbonyl (C=O) groups is 2. The first-order chi connectivity index (χ1) is 13.9. The van der Waals surface area contributed by atoms with Gasteiger partial charge in [-0.15, -0.1) is 0 Å². The molecule has 6 heteroatoms. The van der Waals surface area contributed by atoms with Crippen LogP contribution >= 0.6 is 0 Å². The van der Waals surface area contributed by atoms with Crippen molar-refractivity contribution in [2.24, 2.45) is 0 Å². The molecule has 2 aromatic carbocycles. The highest BCUT2D eigenvalue weighted by Crippen LogP contribution is 2.16. The van der Waals surface area contributed by atoms with Gasteiger partial charge >= 0.3 is 0 Å². The lowest BCUT2D eigenvalue weighted by molar-refractivity contribution is -0.142. The second-order valence-electron chi connectivity index (χ2n) is 6.97. The molecule has 0 unspecified atom stereocenters. The summed E-state index contributed by atoms with van der Waals surface area (Å²) in [4.78, 5) is 27.1. The fraction of sp³-hybridized carbons (Fsp3) is 0.391. The van der Waals surface area contributed by atoms with Crippen LogP contribution in [0.15, 0.2) is 54.6 Å². The SMILES string of the molecule is CC[C@H](C)NC(=O)[C@@H](C)N(Cc1ccc(OC)cc1)C(=O)COc1ccccc1. The zero-order valence-electron chi connectivity index (χ0n) is 17.6. The van der Waals surface area contributed by atoms with E-state index in [4.69, 9.17) is 9.47 Å². The van der Waals surface area contributed by atoms with Crippen molar-refractivity contribution >= 4 is 11.8 Å². The third-order valence-corrected chi connectivity index (χ3v) is 4.79. The molecule has 2 atom stereocenters. The van der Waals surface area contributed by atoms with Gasteiger partial charge in [0.1, 0.15) is 17.5 Å². The van der Waals surface area contributed by atoms with Crippen molar-refractivity contribution < 1.29 is 19.1 Å². The molecule has 0 heterocycles. The molecule has 0 bridgehead atoms. The summed E-state index contributed by atoms with van der Waals surface area (Å²) in [5, 5.41) is 2.95. The standard InChI is InChI=1S/C23H30N2O4/c1-5-17(2)24-23(27)18(3)25(15-19-11-13-20(28-4)14-12-19)22(26)16-29-21-9-7-6-8-10-21/h6-14,17-18H,5,15-16H2,1-4H3,(H,24,27)/t17-,18+/m0/s1. The first-order valence-corrected chi connectivity index (χ1v) is 9.85. The smallest absolute Gasteiger partial charge is 0.261 e. The molecule has 0 fully saturated rings. The van der Waals surface area contributed by atoms with E-state index in [1.54, 1.807) is 31.1 Å². The third-order valence-electron chi connectivity index (χ3n) is 4.79. The maximum absolute atomic E-state index is 12.9. The Morgan fingerprint density at radius 1 is 1.00 bits per heavy atom. The van der Waals surface area contributed by atoms with Gasteiger partial charge in [0, 0.05) is 12.6 Å². The lowest BCUT2D eigenvalue weighted by Gasteiger charge is -2.29. The van der Waals surface area contributed by atoms with Crippen molar-refractivity contribution in [3.63, 3.8) is 0 Å². The van der Waals surface area contributed by atoms with E-state index in [-0.39, 0.29) is 24.5 Å². The van der Waals surface area contributed by atoms with E-state index in [0.29, 0.717) is 12.3 Å². The van der Waals surface area contributed by atoms with Crippen LogP contribution < -0.4 is 14.8 Å². The Labute approximate surface area is 172 Å². The van der Waals surface area contributed by atoms with Gasteiger partial charge in [-0.25, -0.2) is 0 Å². The molecular weight excluding hydrogens is 368 g/mol. The minimum atomic E-state index is -0.627.